The van der Waals surface area contributed by atoms with E-state index in [0.29, 0.717) is 17.4 Å². The zero-order valence-electron chi connectivity index (χ0n) is 13.3. The van der Waals surface area contributed by atoms with Crippen molar-refractivity contribution >= 4 is 29.3 Å². The van der Waals surface area contributed by atoms with E-state index >= 15 is 0 Å². The molecule has 3 rings (SSSR count). The zero-order chi connectivity index (χ0) is 16.2. The number of ether oxygens (including phenoxy) is 1. The maximum absolute atomic E-state index is 12.6. The minimum Gasteiger partial charge on any atom is -0.379 e. The van der Waals surface area contributed by atoms with Gasteiger partial charge in [-0.2, -0.15) is 0 Å². The quantitative estimate of drug-likeness (QED) is 0.646. The van der Waals surface area contributed by atoms with Gasteiger partial charge in [0.2, 0.25) is 0 Å². The highest BCUT2D eigenvalue weighted by molar-refractivity contribution is 7.80. The Morgan fingerprint density at radius 1 is 1.35 bits per heavy atom. The molecule has 7 heteroatoms. The number of amides is 1. The molecule has 1 amide bonds. The molecule has 1 N–H and O–H groups in total. The Bertz CT molecular complexity index is 593. The fraction of sp³-hybridized carbons (Fsp3) is 0.500. The summed E-state index contributed by atoms with van der Waals surface area (Å²) in [5.74, 6) is -0.0194. The van der Waals surface area contributed by atoms with E-state index in [4.69, 9.17) is 17.0 Å². The predicted molar refractivity (Wildman–Crippen MR) is 92.7 cm³/mol. The van der Waals surface area contributed by atoms with Gasteiger partial charge in [-0.3, -0.25) is 14.6 Å². The van der Waals surface area contributed by atoms with Gasteiger partial charge in [0, 0.05) is 45.1 Å². The summed E-state index contributed by atoms with van der Waals surface area (Å²) in [6, 6.07) is 3.84. The van der Waals surface area contributed by atoms with E-state index in [1.165, 1.54) is 0 Å². The van der Waals surface area contributed by atoms with Crippen molar-refractivity contribution in [2.75, 3.05) is 46.4 Å². The topological polar surface area (TPSA) is 51.8 Å². The van der Waals surface area contributed by atoms with Gasteiger partial charge in [-0.05, 0) is 36.8 Å². The minimum atomic E-state index is -0.0194. The van der Waals surface area contributed by atoms with Crippen LogP contribution in [-0.2, 0) is 9.53 Å². The van der Waals surface area contributed by atoms with Crippen LogP contribution in [0.4, 0.5) is 0 Å². The SMILES string of the molecule is CN1C(=S)N(CCCN2CCOCC2)C(=O)/C1=C\c1ccc[nH]1. The van der Waals surface area contributed by atoms with Gasteiger partial charge in [0.25, 0.3) is 5.91 Å². The van der Waals surface area contributed by atoms with Crippen molar-refractivity contribution in [1.29, 1.82) is 0 Å². The summed E-state index contributed by atoms with van der Waals surface area (Å²) in [4.78, 5) is 21.6. The van der Waals surface area contributed by atoms with E-state index < -0.39 is 0 Å². The van der Waals surface area contributed by atoms with Crippen molar-refractivity contribution < 1.29 is 9.53 Å². The molecule has 0 aliphatic carbocycles. The van der Waals surface area contributed by atoms with E-state index in [2.05, 4.69) is 9.88 Å². The summed E-state index contributed by atoms with van der Waals surface area (Å²) in [6.07, 6.45) is 4.59. The summed E-state index contributed by atoms with van der Waals surface area (Å²) in [5, 5.41) is 0.579. The molecule has 0 spiro atoms. The van der Waals surface area contributed by atoms with Crippen molar-refractivity contribution in [2.45, 2.75) is 6.42 Å². The molecular formula is C16H22N4O2S. The van der Waals surface area contributed by atoms with Gasteiger partial charge in [0.05, 0.1) is 13.2 Å². The number of thiocarbonyl (C=S) groups is 1. The number of likely N-dealkylation sites (N-methyl/N-ethyl adjacent to an activating group) is 1. The Balaban J connectivity index is 1.59. The first-order valence-electron chi connectivity index (χ1n) is 7.91. The third-order valence-corrected chi connectivity index (χ3v) is 4.71. The van der Waals surface area contributed by atoms with E-state index in [0.717, 1.165) is 45.0 Å². The number of aromatic nitrogens is 1. The molecule has 2 aliphatic rings. The molecule has 0 atom stereocenters. The highest BCUT2D eigenvalue weighted by Gasteiger charge is 2.35. The normalized spacial score (nSPS) is 21.7. The molecule has 0 saturated carbocycles. The fourth-order valence-corrected chi connectivity index (χ4v) is 3.14. The largest absolute Gasteiger partial charge is 0.379 e. The number of nitrogens with zero attached hydrogens (tertiary/aromatic N) is 3. The van der Waals surface area contributed by atoms with Crippen LogP contribution in [0.5, 0.6) is 0 Å². The van der Waals surface area contributed by atoms with Crippen molar-refractivity contribution in [3.63, 3.8) is 0 Å². The highest BCUT2D eigenvalue weighted by Crippen LogP contribution is 2.22. The van der Waals surface area contributed by atoms with Crippen LogP contribution in [0, 0.1) is 0 Å². The second-order valence-electron chi connectivity index (χ2n) is 5.76. The molecule has 2 saturated heterocycles. The second-order valence-corrected chi connectivity index (χ2v) is 6.13. The maximum Gasteiger partial charge on any atom is 0.276 e. The molecule has 1 aromatic heterocycles. The first kappa shape index (κ1) is 16.2. The molecule has 0 bridgehead atoms. The van der Waals surface area contributed by atoms with Gasteiger partial charge in [-0.1, -0.05) is 0 Å². The van der Waals surface area contributed by atoms with Crippen molar-refractivity contribution in [2.24, 2.45) is 0 Å². The minimum absolute atomic E-state index is 0.0194. The lowest BCUT2D eigenvalue weighted by Gasteiger charge is -2.27. The van der Waals surface area contributed by atoms with Crippen LogP contribution in [-0.4, -0.2) is 77.1 Å². The third kappa shape index (κ3) is 3.63. The van der Waals surface area contributed by atoms with Crippen LogP contribution in [0.1, 0.15) is 12.1 Å². The highest BCUT2D eigenvalue weighted by atomic mass is 32.1. The van der Waals surface area contributed by atoms with Crippen LogP contribution in [0.2, 0.25) is 0 Å². The van der Waals surface area contributed by atoms with Crippen LogP contribution >= 0.6 is 12.2 Å². The van der Waals surface area contributed by atoms with E-state index in [1.807, 2.05) is 31.5 Å². The first-order chi connectivity index (χ1) is 11.2. The van der Waals surface area contributed by atoms with Crippen LogP contribution in [0.15, 0.2) is 24.0 Å². The van der Waals surface area contributed by atoms with Gasteiger partial charge in [-0.15, -0.1) is 0 Å². The monoisotopic (exact) mass is 334 g/mol. The lowest BCUT2D eigenvalue weighted by atomic mass is 10.3. The third-order valence-electron chi connectivity index (χ3n) is 4.22. The number of aromatic amines is 1. The van der Waals surface area contributed by atoms with E-state index in [9.17, 15) is 4.79 Å². The number of hydrogen-bond acceptors (Lipinski definition) is 4. The maximum atomic E-state index is 12.6. The van der Waals surface area contributed by atoms with Gasteiger partial charge in [0.1, 0.15) is 5.70 Å². The predicted octanol–water partition coefficient (Wildman–Crippen LogP) is 1.14. The van der Waals surface area contributed by atoms with Gasteiger partial charge in [0.15, 0.2) is 5.11 Å². The average molecular weight is 334 g/mol. The smallest absolute Gasteiger partial charge is 0.276 e. The van der Waals surface area contributed by atoms with Crippen molar-refractivity contribution in [1.82, 2.24) is 19.7 Å². The number of nitrogens with one attached hydrogen (secondary N) is 1. The molecule has 3 heterocycles. The lowest BCUT2D eigenvalue weighted by Crippen LogP contribution is -2.39. The summed E-state index contributed by atoms with van der Waals surface area (Å²) in [5.41, 5.74) is 1.52. The Labute approximate surface area is 141 Å². The number of carbonyl (C=O) groups excluding carboxylic acids is 1. The molecule has 23 heavy (non-hydrogen) atoms. The van der Waals surface area contributed by atoms with Gasteiger partial charge >= 0.3 is 0 Å². The van der Waals surface area contributed by atoms with E-state index in [1.54, 1.807) is 9.80 Å². The van der Waals surface area contributed by atoms with Gasteiger partial charge < -0.3 is 14.6 Å². The van der Waals surface area contributed by atoms with Crippen molar-refractivity contribution in [3.8, 4) is 0 Å². The first-order valence-corrected chi connectivity index (χ1v) is 8.32. The molecule has 1 aromatic rings. The summed E-state index contributed by atoms with van der Waals surface area (Å²) in [7, 11) is 1.84. The zero-order valence-corrected chi connectivity index (χ0v) is 14.1. The summed E-state index contributed by atoms with van der Waals surface area (Å²) in [6.45, 7) is 5.16. The van der Waals surface area contributed by atoms with E-state index in [-0.39, 0.29) is 5.91 Å². The number of morpholine rings is 1. The standard InChI is InChI=1S/C16H22N4O2S/c1-18-14(12-13-4-2-5-17-13)15(21)20(16(18)23)7-3-6-19-8-10-22-11-9-19/h2,4-5,12,17H,3,6-11H2,1H3/b14-12+. The average Bonchev–Trinajstić information content (AvgIpc) is 3.15. The fourth-order valence-electron chi connectivity index (χ4n) is 2.87. The lowest BCUT2D eigenvalue weighted by molar-refractivity contribution is -0.122. The second kappa shape index (κ2) is 7.25. The number of rotatable bonds is 5. The van der Waals surface area contributed by atoms with Crippen LogP contribution in [0.3, 0.4) is 0 Å². The van der Waals surface area contributed by atoms with Crippen LogP contribution in [0.25, 0.3) is 6.08 Å². The molecule has 2 aliphatic heterocycles. The number of carbonyl (C=O) groups is 1. The Morgan fingerprint density at radius 2 is 2.13 bits per heavy atom. The molecule has 0 radical (unpaired) electrons. The Morgan fingerprint density at radius 3 is 2.83 bits per heavy atom. The van der Waals surface area contributed by atoms with Gasteiger partial charge in [-0.25, -0.2) is 0 Å². The molecule has 124 valence electrons. The molecule has 2 fully saturated rings. The summed E-state index contributed by atoms with van der Waals surface area (Å²) < 4.78 is 5.35. The Hall–Kier alpha value is -1.70. The molecule has 0 unspecified atom stereocenters. The Kier molecular flexibility index (Phi) is 5.09. The summed E-state index contributed by atoms with van der Waals surface area (Å²) >= 11 is 5.43. The molecule has 0 aromatic carbocycles. The number of hydrogen-bond donors (Lipinski definition) is 1. The number of H-pyrrole nitrogens is 1. The van der Waals surface area contributed by atoms with Crippen molar-refractivity contribution in [3.05, 3.63) is 29.7 Å². The van der Waals surface area contributed by atoms with Crippen LogP contribution < -0.4 is 0 Å². The molecular weight excluding hydrogens is 312 g/mol. The molecule has 6 nitrogen and oxygen atoms in total.